The van der Waals surface area contributed by atoms with Crippen LogP contribution >= 0.6 is 22.6 Å². The Labute approximate surface area is 156 Å². The fraction of sp³-hybridized carbons (Fsp3) is 0.529. The van der Waals surface area contributed by atoms with Crippen LogP contribution in [0.5, 0.6) is 0 Å². The number of para-hydroxylation sites is 1. The van der Waals surface area contributed by atoms with Crippen molar-refractivity contribution in [3.8, 4) is 0 Å². The summed E-state index contributed by atoms with van der Waals surface area (Å²) in [5.74, 6) is 0. The lowest BCUT2D eigenvalue weighted by atomic mass is 10.1. The van der Waals surface area contributed by atoms with E-state index in [2.05, 4.69) is 33.2 Å². The third-order valence-electron chi connectivity index (χ3n) is 3.62. The highest BCUT2D eigenvalue weighted by Crippen LogP contribution is 2.19. The molecule has 1 saturated heterocycles. The van der Waals surface area contributed by atoms with Gasteiger partial charge in [0, 0.05) is 22.7 Å². The van der Waals surface area contributed by atoms with Gasteiger partial charge in [-0.25, -0.2) is 9.59 Å². The Kier molecular flexibility index (Phi) is 6.31. The van der Waals surface area contributed by atoms with E-state index in [1.165, 1.54) is 0 Å². The molecule has 1 aliphatic heterocycles. The maximum atomic E-state index is 12.3. The van der Waals surface area contributed by atoms with Gasteiger partial charge in [-0.1, -0.05) is 12.1 Å². The number of hydrogen-bond donors (Lipinski definition) is 2. The Morgan fingerprint density at radius 1 is 1.21 bits per heavy atom. The first-order chi connectivity index (χ1) is 11.2. The fourth-order valence-corrected chi connectivity index (χ4v) is 2.98. The number of likely N-dealkylation sites (tertiary alicyclic amines) is 1. The first-order valence-corrected chi connectivity index (χ1v) is 9.12. The first kappa shape index (κ1) is 18.8. The van der Waals surface area contributed by atoms with Gasteiger partial charge in [-0.3, -0.25) is 0 Å². The summed E-state index contributed by atoms with van der Waals surface area (Å²) in [6, 6.07) is 7.61. The van der Waals surface area contributed by atoms with E-state index in [-0.39, 0.29) is 12.1 Å². The summed E-state index contributed by atoms with van der Waals surface area (Å²) in [5.41, 5.74) is 0.314. The second kappa shape index (κ2) is 8.04. The van der Waals surface area contributed by atoms with Crippen LogP contribution in [0.3, 0.4) is 0 Å². The smallest absolute Gasteiger partial charge is 0.407 e. The van der Waals surface area contributed by atoms with Gasteiger partial charge in [0.1, 0.15) is 5.60 Å². The number of anilines is 1. The van der Waals surface area contributed by atoms with Gasteiger partial charge >= 0.3 is 12.1 Å². The molecule has 1 heterocycles. The minimum atomic E-state index is -0.502. The van der Waals surface area contributed by atoms with Crippen molar-refractivity contribution in [2.24, 2.45) is 0 Å². The van der Waals surface area contributed by atoms with Crippen molar-refractivity contribution in [2.75, 3.05) is 18.4 Å². The van der Waals surface area contributed by atoms with E-state index < -0.39 is 11.7 Å². The molecule has 0 aromatic heterocycles. The Morgan fingerprint density at radius 3 is 2.42 bits per heavy atom. The Morgan fingerprint density at radius 2 is 1.83 bits per heavy atom. The zero-order valence-electron chi connectivity index (χ0n) is 14.3. The minimum absolute atomic E-state index is 0.0424. The van der Waals surface area contributed by atoms with Gasteiger partial charge in [0.2, 0.25) is 0 Å². The molecule has 0 radical (unpaired) electrons. The van der Waals surface area contributed by atoms with Crippen LogP contribution in [0.15, 0.2) is 24.3 Å². The standard InChI is InChI=1S/C17H24IN3O3/c1-17(2,3)24-16(23)19-12-8-10-21(11-9-12)15(22)20-14-7-5-4-6-13(14)18/h4-7,12H,8-11H2,1-3H3,(H,19,23)(H,20,22). The number of urea groups is 1. The molecule has 0 aliphatic carbocycles. The molecule has 2 N–H and O–H groups in total. The molecule has 0 atom stereocenters. The van der Waals surface area contributed by atoms with Crippen LogP contribution < -0.4 is 10.6 Å². The number of hydrogen-bond acceptors (Lipinski definition) is 3. The van der Waals surface area contributed by atoms with Crippen molar-refractivity contribution in [1.29, 1.82) is 0 Å². The highest BCUT2D eigenvalue weighted by Gasteiger charge is 2.25. The van der Waals surface area contributed by atoms with Crippen molar-refractivity contribution in [2.45, 2.75) is 45.3 Å². The van der Waals surface area contributed by atoms with E-state index in [9.17, 15) is 9.59 Å². The number of piperidine rings is 1. The Balaban J connectivity index is 1.79. The van der Waals surface area contributed by atoms with E-state index in [0.29, 0.717) is 13.1 Å². The zero-order valence-corrected chi connectivity index (χ0v) is 16.4. The highest BCUT2D eigenvalue weighted by molar-refractivity contribution is 14.1. The number of nitrogens with one attached hydrogen (secondary N) is 2. The van der Waals surface area contributed by atoms with E-state index in [1.807, 2.05) is 45.0 Å². The van der Waals surface area contributed by atoms with Gasteiger partial charge in [-0.05, 0) is 68.3 Å². The highest BCUT2D eigenvalue weighted by atomic mass is 127. The molecule has 0 saturated carbocycles. The number of benzene rings is 1. The summed E-state index contributed by atoms with van der Waals surface area (Å²) in [4.78, 5) is 25.9. The maximum Gasteiger partial charge on any atom is 0.407 e. The van der Waals surface area contributed by atoms with Crippen LogP contribution in [0, 0.1) is 3.57 Å². The molecule has 1 aromatic carbocycles. The van der Waals surface area contributed by atoms with Gasteiger partial charge in [-0.15, -0.1) is 0 Å². The van der Waals surface area contributed by atoms with Crippen molar-refractivity contribution >= 4 is 40.4 Å². The summed E-state index contributed by atoms with van der Waals surface area (Å²) < 4.78 is 6.27. The topological polar surface area (TPSA) is 70.7 Å². The molecular weight excluding hydrogens is 421 g/mol. The second-order valence-corrected chi connectivity index (χ2v) is 7.98. The Bertz CT molecular complexity index is 593. The van der Waals surface area contributed by atoms with E-state index >= 15 is 0 Å². The fourth-order valence-electron chi connectivity index (χ4n) is 2.46. The molecule has 1 fully saturated rings. The Hall–Kier alpha value is -1.51. The lowest BCUT2D eigenvalue weighted by Crippen LogP contribution is -2.48. The lowest BCUT2D eigenvalue weighted by Gasteiger charge is -2.32. The van der Waals surface area contributed by atoms with Crippen LogP contribution in [0.1, 0.15) is 33.6 Å². The largest absolute Gasteiger partial charge is 0.444 e. The predicted molar refractivity (Wildman–Crippen MR) is 102 cm³/mol. The van der Waals surface area contributed by atoms with Crippen LogP contribution in [0.25, 0.3) is 0 Å². The van der Waals surface area contributed by atoms with Crippen LogP contribution in [-0.4, -0.2) is 41.8 Å². The molecule has 0 unspecified atom stereocenters. The predicted octanol–water partition coefficient (Wildman–Crippen LogP) is 3.81. The van der Waals surface area contributed by atoms with Crippen molar-refractivity contribution in [1.82, 2.24) is 10.2 Å². The van der Waals surface area contributed by atoms with Crippen LogP contribution in [0.4, 0.5) is 15.3 Å². The number of nitrogens with zero attached hydrogens (tertiary/aromatic N) is 1. The summed E-state index contributed by atoms with van der Waals surface area (Å²) in [7, 11) is 0. The number of carbonyl (C=O) groups is 2. The SMILES string of the molecule is CC(C)(C)OC(=O)NC1CCN(C(=O)Nc2ccccc2I)CC1. The third kappa shape index (κ3) is 5.85. The second-order valence-electron chi connectivity index (χ2n) is 6.82. The normalized spacial score (nSPS) is 15.8. The molecule has 1 aromatic rings. The first-order valence-electron chi connectivity index (χ1n) is 8.04. The van der Waals surface area contributed by atoms with E-state index in [0.717, 1.165) is 22.1 Å². The van der Waals surface area contributed by atoms with Crippen molar-refractivity contribution < 1.29 is 14.3 Å². The zero-order chi connectivity index (χ0) is 17.7. The van der Waals surface area contributed by atoms with Crippen LogP contribution in [-0.2, 0) is 4.74 Å². The molecule has 132 valence electrons. The number of halogens is 1. The number of rotatable bonds is 2. The monoisotopic (exact) mass is 445 g/mol. The molecule has 7 heteroatoms. The molecule has 6 nitrogen and oxygen atoms in total. The molecule has 3 amide bonds. The third-order valence-corrected chi connectivity index (χ3v) is 4.56. The summed E-state index contributed by atoms with van der Waals surface area (Å²) in [5, 5.41) is 5.81. The molecule has 2 rings (SSSR count). The van der Waals surface area contributed by atoms with Gasteiger partial charge < -0.3 is 20.3 Å². The van der Waals surface area contributed by atoms with E-state index in [1.54, 1.807) is 4.90 Å². The van der Waals surface area contributed by atoms with Gasteiger partial charge in [0.15, 0.2) is 0 Å². The van der Waals surface area contributed by atoms with Crippen molar-refractivity contribution in [3.05, 3.63) is 27.8 Å². The van der Waals surface area contributed by atoms with Crippen molar-refractivity contribution in [3.63, 3.8) is 0 Å². The summed E-state index contributed by atoms with van der Waals surface area (Å²) >= 11 is 2.20. The average Bonchev–Trinajstić information content (AvgIpc) is 2.48. The molecule has 24 heavy (non-hydrogen) atoms. The molecule has 1 aliphatic rings. The number of amides is 3. The quantitative estimate of drug-likeness (QED) is 0.681. The van der Waals surface area contributed by atoms with Gasteiger partial charge in [-0.2, -0.15) is 0 Å². The summed E-state index contributed by atoms with van der Waals surface area (Å²) in [6.45, 7) is 6.73. The lowest BCUT2D eigenvalue weighted by molar-refractivity contribution is 0.0486. The number of carbonyl (C=O) groups excluding carboxylic acids is 2. The van der Waals surface area contributed by atoms with E-state index in [4.69, 9.17) is 4.74 Å². The molecule has 0 bridgehead atoms. The van der Waals surface area contributed by atoms with Crippen LogP contribution in [0.2, 0.25) is 0 Å². The number of alkyl carbamates (subject to hydrolysis) is 1. The molecular formula is C17H24IN3O3. The maximum absolute atomic E-state index is 12.3. The number of ether oxygens (including phenoxy) is 1. The average molecular weight is 445 g/mol. The molecule has 0 spiro atoms. The van der Waals surface area contributed by atoms with Gasteiger partial charge in [0.05, 0.1) is 5.69 Å². The summed E-state index contributed by atoms with van der Waals surface area (Å²) in [6.07, 6.45) is 1.04. The minimum Gasteiger partial charge on any atom is -0.444 e. The van der Waals surface area contributed by atoms with Gasteiger partial charge in [0.25, 0.3) is 0 Å².